The summed E-state index contributed by atoms with van der Waals surface area (Å²) in [5, 5.41) is 7.41. The number of ether oxygens (including phenoxy) is 2. The van der Waals surface area contributed by atoms with Crippen LogP contribution in [0, 0.1) is 12.8 Å². The van der Waals surface area contributed by atoms with Gasteiger partial charge in [-0.3, -0.25) is 4.79 Å². The van der Waals surface area contributed by atoms with Crippen molar-refractivity contribution in [1.82, 2.24) is 9.78 Å². The lowest BCUT2D eigenvalue weighted by Gasteiger charge is -2.24. The molecule has 1 aliphatic rings. The second kappa shape index (κ2) is 8.89. The Morgan fingerprint density at radius 2 is 2.26 bits per heavy atom. The van der Waals surface area contributed by atoms with Crippen LogP contribution in [-0.2, 0) is 4.74 Å². The van der Waals surface area contributed by atoms with Crippen LogP contribution in [0.25, 0.3) is 0 Å². The summed E-state index contributed by atoms with van der Waals surface area (Å²) in [6.45, 7) is 7.30. The van der Waals surface area contributed by atoms with Crippen molar-refractivity contribution in [3.05, 3.63) is 40.1 Å². The Morgan fingerprint density at radius 1 is 1.44 bits per heavy atom. The SMILES string of the molecule is Cc1cc(Br)ccc1NC(=O)c1c(OCC(C)C)cnn1C1CCCCO1. The molecule has 1 unspecified atom stereocenters. The van der Waals surface area contributed by atoms with Gasteiger partial charge in [0.1, 0.15) is 0 Å². The number of halogens is 1. The van der Waals surface area contributed by atoms with Crippen LogP contribution in [-0.4, -0.2) is 28.9 Å². The molecular weight excluding hydrogens is 410 g/mol. The number of hydrogen-bond donors (Lipinski definition) is 1. The average Bonchev–Trinajstić information content (AvgIpc) is 3.07. The molecule has 2 aromatic rings. The van der Waals surface area contributed by atoms with Gasteiger partial charge in [-0.25, -0.2) is 4.68 Å². The quantitative estimate of drug-likeness (QED) is 0.697. The molecule has 1 aromatic carbocycles. The minimum absolute atomic E-state index is 0.234. The van der Waals surface area contributed by atoms with Gasteiger partial charge in [0.05, 0.1) is 12.8 Å². The number of aryl methyl sites for hydroxylation is 1. The Bertz CT molecular complexity index is 798. The number of benzene rings is 1. The number of anilines is 1. The van der Waals surface area contributed by atoms with Gasteiger partial charge in [0.15, 0.2) is 17.7 Å². The van der Waals surface area contributed by atoms with E-state index in [9.17, 15) is 4.79 Å². The second-order valence-corrected chi connectivity index (χ2v) is 8.16. The van der Waals surface area contributed by atoms with Gasteiger partial charge in [0, 0.05) is 16.8 Å². The van der Waals surface area contributed by atoms with Crippen molar-refractivity contribution in [2.45, 2.75) is 46.3 Å². The number of rotatable bonds is 6. The Labute approximate surface area is 168 Å². The van der Waals surface area contributed by atoms with Crippen molar-refractivity contribution in [3.8, 4) is 5.75 Å². The van der Waals surface area contributed by atoms with Gasteiger partial charge in [-0.1, -0.05) is 29.8 Å². The Morgan fingerprint density at radius 3 is 2.93 bits per heavy atom. The predicted molar refractivity (Wildman–Crippen MR) is 108 cm³/mol. The first kappa shape index (κ1) is 19.9. The molecule has 1 aromatic heterocycles. The maximum atomic E-state index is 13.1. The summed E-state index contributed by atoms with van der Waals surface area (Å²) in [7, 11) is 0. The number of amides is 1. The van der Waals surface area contributed by atoms with E-state index in [2.05, 4.69) is 40.2 Å². The van der Waals surface area contributed by atoms with Crippen LogP contribution >= 0.6 is 15.9 Å². The van der Waals surface area contributed by atoms with Gasteiger partial charge >= 0.3 is 0 Å². The fraction of sp³-hybridized carbons (Fsp3) is 0.500. The molecule has 1 amide bonds. The molecular formula is C20H26BrN3O3. The molecule has 1 fully saturated rings. The molecule has 7 heteroatoms. The molecule has 1 aliphatic heterocycles. The summed E-state index contributed by atoms with van der Waals surface area (Å²) in [6.07, 6.45) is 4.31. The summed E-state index contributed by atoms with van der Waals surface area (Å²) in [5.41, 5.74) is 2.14. The van der Waals surface area contributed by atoms with E-state index in [0.717, 1.165) is 35.0 Å². The van der Waals surface area contributed by atoms with Gasteiger partial charge in [-0.05, 0) is 55.9 Å². The molecule has 1 saturated heterocycles. The second-order valence-electron chi connectivity index (χ2n) is 7.24. The third kappa shape index (κ3) is 4.90. The highest BCUT2D eigenvalue weighted by atomic mass is 79.9. The zero-order chi connectivity index (χ0) is 19.4. The minimum Gasteiger partial charge on any atom is -0.489 e. The summed E-state index contributed by atoms with van der Waals surface area (Å²) in [5.74, 6) is 0.597. The first-order valence-electron chi connectivity index (χ1n) is 9.35. The molecule has 2 heterocycles. The van der Waals surface area contributed by atoms with E-state index >= 15 is 0 Å². The lowest BCUT2D eigenvalue weighted by molar-refractivity contribution is -0.0406. The smallest absolute Gasteiger partial charge is 0.277 e. The summed E-state index contributed by atoms with van der Waals surface area (Å²) < 4.78 is 14.4. The fourth-order valence-electron chi connectivity index (χ4n) is 3.01. The van der Waals surface area contributed by atoms with Crippen molar-refractivity contribution in [1.29, 1.82) is 0 Å². The largest absolute Gasteiger partial charge is 0.489 e. The molecule has 0 spiro atoms. The van der Waals surface area contributed by atoms with Crippen LogP contribution in [0.3, 0.4) is 0 Å². The van der Waals surface area contributed by atoms with E-state index in [0.29, 0.717) is 30.6 Å². The minimum atomic E-state index is -0.245. The zero-order valence-corrected chi connectivity index (χ0v) is 17.6. The highest BCUT2D eigenvalue weighted by molar-refractivity contribution is 9.10. The maximum Gasteiger partial charge on any atom is 0.277 e. The summed E-state index contributed by atoms with van der Waals surface area (Å²) in [6, 6.07) is 5.75. The lowest BCUT2D eigenvalue weighted by Crippen LogP contribution is -2.26. The number of hydrogen-bond acceptors (Lipinski definition) is 4. The number of nitrogens with one attached hydrogen (secondary N) is 1. The van der Waals surface area contributed by atoms with Crippen LogP contribution in [0.15, 0.2) is 28.9 Å². The van der Waals surface area contributed by atoms with E-state index in [1.165, 1.54) is 0 Å². The van der Waals surface area contributed by atoms with E-state index in [1.807, 2.05) is 25.1 Å². The molecule has 27 heavy (non-hydrogen) atoms. The standard InChI is InChI=1S/C20H26BrN3O3/c1-13(2)12-27-17-11-22-24(18-6-4-5-9-26-18)19(17)20(25)23-16-8-7-15(21)10-14(16)3/h7-8,10-11,13,18H,4-6,9,12H2,1-3H3,(H,23,25). The highest BCUT2D eigenvalue weighted by Gasteiger charge is 2.27. The van der Waals surface area contributed by atoms with Crippen LogP contribution in [0.1, 0.15) is 55.4 Å². The van der Waals surface area contributed by atoms with Crippen molar-refractivity contribution in [2.24, 2.45) is 5.92 Å². The van der Waals surface area contributed by atoms with Gasteiger partial charge < -0.3 is 14.8 Å². The monoisotopic (exact) mass is 435 g/mol. The summed E-state index contributed by atoms with van der Waals surface area (Å²) >= 11 is 3.45. The molecule has 1 atom stereocenters. The van der Waals surface area contributed by atoms with Gasteiger partial charge in [-0.15, -0.1) is 0 Å². The molecule has 6 nitrogen and oxygen atoms in total. The molecule has 3 rings (SSSR count). The first-order chi connectivity index (χ1) is 13.0. The molecule has 0 aliphatic carbocycles. The molecule has 0 radical (unpaired) electrons. The average molecular weight is 436 g/mol. The van der Waals surface area contributed by atoms with Gasteiger partial charge in [0.25, 0.3) is 5.91 Å². The topological polar surface area (TPSA) is 65.4 Å². The van der Waals surface area contributed by atoms with Crippen molar-refractivity contribution >= 4 is 27.5 Å². The van der Waals surface area contributed by atoms with E-state index in [-0.39, 0.29) is 12.1 Å². The molecule has 146 valence electrons. The van der Waals surface area contributed by atoms with E-state index in [4.69, 9.17) is 9.47 Å². The Kier molecular flexibility index (Phi) is 6.55. The predicted octanol–water partition coefficient (Wildman–Crippen LogP) is 4.94. The van der Waals surface area contributed by atoms with Crippen molar-refractivity contribution in [3.63, 3.8) is 0 Å². The maximum absolute atomic E-state index is 13.1. The number of carbonyl (C=O) groups excluding carboxylic acids is 1. The number of nitrogens with zero attached hydrogens (tertiary/aromatic N) is 2. The van der Waals surface area contributed by atoms with Crippen LogP contribution < -0.4 is 10.1 Å². The lowest BCUT2D eigenvalue weighted by atomic mass is 10.2. The third-order valence-electron chi connectivity index (χ3n) is 4.41. The van der Waals surface area contributed by atoms with Crippen LogP contribution in [0.4, 0.5) is 5.69 Å². The van der Waals surface area contributed by atoms with Crippen LogP contribution in [0.5, 0.6) is 5.75 Å². The zero-order valence-electron chi connectivity index (χ0n) is 16.0. The first-order valence-corrected chi connectivity index (χ1v) is 10.1. The molecule has 0 bridgehead atoms. The van der Waals surface area contributed by atoms with Gasteiger partial charge in [0.2, 0.25) is 0 Å². The highest BCUT2D eigenvalue weighted by Crippen LogP contribution is 2.29. The summed E-state index contributed by atoms with van der Waals surface area (Å²) in [4.78, 5) is 13.1. The molecule has 1 N–H and O–H groups in total. The van der Waals surface area contributed by atoms with Crippen molar-refractivity contribution < 1.29 is 14.3 Å². The Hall–Kier alpha value is -1.86. The Balaban J connectivity index is 1.89. The number of aromatic nitrogens is 2. The van der Waals surface area contributed by atoms with Gasteiger partial charge in [-0.2, -0.15) is 5.10 Å². The molecule has 0 saturated carbocycles. The van der Waals surface area contributed by atoms with Crippen LogP contribution in [0.2, 0.25) is 0 Å². The fourth-order valence-corrected chi connectivity index (χ4v) is 3.48. The normalized spacial score (nSPS) is 17.1. The number of carbonyl (C=O) groups is 1. The third-order valence-corrected chi connectivity index (χ3v) is 4.91. The van der Waals surface area contributed by atoms with E-state index in [1.54, 1.807) is 10.9 Å². The van der Waals surface area contributed by atoms with E-state index < -0.39 is 0 Å². The van der Waals surface area contributed by atoms with Crippen molar-refractivity contribution in [2.75, 3.05) is 18.5 Å².